The predicted molar refractivity (Wildman–Crippen MR) is 131 cm³/mol. The quantitative estimate of drug-likeness (QED) is 0.471. The Hall–Kier alpha value is -2.35. The van der Waals surface area contributed by atoms with Gasteiger partial charge in [-0.1, -0.05) is 72.4 Å². The van der Waals surface area contributed by atoms with Crippen LogP contribution in [0.15, 0.2) is 43.0 Å². The average molecular weight is 419 g/mol. The molecule has 2 aromatic rings. The molecule has 0 saturated heterocycles. The third-order valence-electron chi connectivity index (χ3n) is 7.30. The van der Waals surface area contributed by atoms with Crippen LogP contribution in [0.5, 0.6) is 0 Å². The molecule has 2 nitrogen and oxygen atoms in total. The van der Waals surface area contributed by atoms with E-state index in [2.05, 4.69) is 67.2 Å². The van der Waals surface area contributed by atoms with Crippen LogP contribution in [0.1, 0.15) is 92.6 Å². The van der Waals surface area contributed by atoms with Crippen LogP contribution >= 0.6 is 0 Å². The van der Waals surface area contributed by atoms with Gasteiger partial charge in [0.15, 0.2) is 0 Å². The van der Waals surface area contributed by atoms with Gasteiger partial charge in [0.05, 0.1) is 12.7 Å². The smallest absolute Gasteiger partial charge is 0.337 e. The summed E-state index contributed by atoms with van der Waals surface area (Å²) in [5.74, 6) is 1.06. The molecule has 3 rings (SSSR count). The van der Waals surface area contributed by atoms with E-state index in [1.807, 2.05) is 24.3 Å². The third kappa shape index (κ3) is 4.35. The minimum absolute atomic E-state index is 0.127. The Kier molecular flexibility index (Phi) is 6.24. The van der Waals surface area contributed by atoms with Gasteiger partial charge < -0.3 is 4.74 Å². The van der Waals surface area contributed by atoms with Crippen molar-refractivity contribution in [3.05, 3.63) is 76.4 Å². The number of hydrogen-bond acceptors (Lipinski definition) is 2. The maximum absolute atomic E-state index is 11.8. The summed E-state index contributed by atoms with van der Waals surface area (Å²) < 4.78 is 4.82. The minimum atomic E-state index is -0.318. The molecule has 0 aromatic heterocycles. The Morgan fingerprint density at radius 1 is 1.06 bits per heavy atom. The van der Waals surface area contributed by atoms with Crippen molar-refractivity contribution in [3.63, 3.8) is 0 Å². The molecule has 2 aromatic carbocycles. The maximum atomic E-state index is 11.8. The molecular weight excluding hydrogens is 380 g/mol. The normalized spacial score (nSPS) is 19.1. The van der Waals surface area contributed by atoms with Gasteiger partial charge in [-0.2, -0.15) is 0 Å². The van der Waals surface area contributed by atoms with Gasteiger partial charge in [-0.3, -0.25) is 0 Å². The van der Waals surface area contributed by atoms with Gasteiger partial charge in [-0.05, 0) is 88.0 Å². The number of benzene rings is 2. The summed E-state index contributed by atoms with van der Waals surface area (Å²) in [5, 5.41) is 0. The summed E-state index contributed by atoms with van der Waals surface area (Å²) in [6, 6.07) is 12.3. The number of esters is 1. The molecule has 0 spiro atoms. The Morgan fingerprint density at radius 2 is 1.65 bits per heavy atom. The second kappa shape index (κ2) is 8.30. The molecule has 1 aliphatic carbocycles. The molecule has 0 fully saturated rings. The largest absolute Gasteiger partial charge is 0.465 e. The fraction of sp³-hybridized carbons (Fsp3) is 0.483. The molecule has 31 heavy (non-hydrogen) atoms. The lowest BCUT2D eigenvalue weighted by Gasteiger charge is -2.49. The SMILES string of the molecule is C=C(c1ccc(C(=O)OC)cc1)c1cc2c(cc1C)C(C)(C)C(CC(C)C)CC2(C)C. The molecule has 0 radical (unpaired) electrons. The van der Waals surface area contributed by atoms with E-state index < -0.39 is 0 Å². The average Bonchev–Trinajstić information content (AvgIpc) is 2.70. The van der Waals surface area contributed by atoms with Gasteiger partial charge in [-0.15, -0.1) is 0 Å². The van der Waals surface area contributed by atoms with Crippen LogP contribution in [-0.4, -0.2) is 13.1 Å². The Balaban J connectivity index is 2.04. The van der Waals surface area contributed by atoms with Gasteiger partial charge in [0.2, 0.25) is 0 Å². The Bertz CT molecular complexity index is 990. The van der Waals surface area contributed by atoms with Gasteiger partial charge in [-0.25, -0.2) is 4.79 Å². The second-order valence-corrected chi connectivity index (χ2v) is 10.9. The van der Waals surface area contributed by atoms with E-state index in [1.165, 1.54) is 42.2 Å². The number of methoxy groups -OCH3 is 1. The fourth-order valence-electron chi connectivity index (χ4n) is 5.35. The first-order valence-corrected chi connectivity index (χ1v) is 11.4. The van der Waals surface area contributed by atoms with Gasteiger partial charge in [0, 0.05) is 0 Å². The lowest BCUT2D eigenvalue weighted by molar-refractivity contribution is 0.0600. The van der Waals surface area contributed by atoms with Crippen LogP contribution in [0.25, 0.3) is 5.57 Å². The van der Waals surface area contributed by atoms with E-state index in [1.54, 1.807) is 0 Å². The number of fused-ring (bicyclic) bond motifs is 1. The van der Waals surface area contributed by atoms with Crippen LogP contribution in [0.3, 0.4) is 0 Å². The summed E-state index contributed by atoms with van der Waals surface area (Å²) in [5.41, 5.74) is 8.25. The van der Waals surface area contributed by atoms with Crippen molar-refractivity contribution in [2.75, 3.05) is 7.11 Å². The number of hydrogen-bond donors (Lipinski definition) is 0. The van der Waals surface area contributed by atoms with Crippen LogP contribution < -0.4 is 0 Å². The van der Waals surface area contributed by atoms with Crippen molar-refractivity contribution in [1.29, 1.82) is 0 Å². The molecule has 1 unspecified atom stereocenters. The van der Waals surface area contributed by atoms with Crippen LogP contribution in [0.2, 0.25) is 0 Å². The molecule has 2 heteroatoms. The zero-order valence-electron chi connectivity index (χ0n) is 20.6. The second-order valence-electron chi connectivity index (χ2n) is 10.9. The predicted octanol–water partition coefficient (Wildman–Crippen LogP) is 7.46. The molecule has 0 saturated carbocycles. The van der Waals surface area contributed by atoms with E-state index in [-0.39, 0.29) is 16.8 Å². The highest BCUT2D eigenvalue weighted by atomic mass is 16.5. The highest BCUT2D eigenvalue weighted by Crippen LogP contribution is 2.52. The zero-order chi connectivity index (χ0) is 23.1. The van der Waals surface area contributed by atoms with Crippen molar-refractivity contribution < 1.29 is 9.53 Å². The molecule has 1 atom stereocenters. The van der Waals surface area contributed by atoms with Crippen LogP contribution in [-0.2, 0) is 15.6 Å². The fourth-order valence-corrected chi connectivity index (χ4v) is 5.35. The van der Waals surface area contributed by atoms with Gasteiger partial charge in [0.1, 0.15) is 0 Å². The van der Waals surface area contributed by atoms with Crippen LogP contribution in [0, 0.1) is 18.8 Å². The molecule has 0 aliphatic heterocycles. The van der Waals surface area contributed by atoms with Crippen molar-refractivity contribution in [1.82, 2.24) is 0 Å². The number of rotatable bonds is 5. The molecule has 1 aliphatic rings. The number of carbonyl (C=O) groups excluding carboxylic acids is 1. The monoisotopic (exact) mass is 418 g/mol. The standard InChI is InChI=1S/C29H38O2/c1-18(2)14-23-17-28(5,6)25-16-24(19(3)15-26(25)29(23,7)8)20(4)21-10-12-22(13-11-21)27(30)31-9/h10-13,15-16,18,23H,4,14,17H2,1-3,5-9H3. The van der Waals surface area contributed by atoms with E-state index in [0.29, 0.717) is 17.4 Å². The van der Waals surface area contributed by atoms with Crippen molar-refractivity contribution in [3.8, 4) is 0 Å². The van der Waals surface area contributed by atoms with E-state index in [9.17, 15) is 4.79 Å². The molecule has 0 bridgehead atoms. The van der Waals surface area contributed by atoms with Crippen molar-refractivity contribution in [2.45, 2.75) is 72.1 Å². The molecular formula is C29H38O2. The summed E-state index contributed by atoms with van der Waals surface area (Å²) in [6.45, 7) is 20.9. The molecule has 0 heterocycles. The number of ether oxygens (including phenoxy) is 1. The molecule has 166 valence electrons. The van der Waals surface area contributed by atoms with E-state index in [0.717, 1.165) is 11.1 Å². The Morgan fingerprint density at radius 3 is 2.19 bits per heavy atom. The summed E-state index contributed by atoms with van der Waals surface area (Å²) in [7, 11) is 1.40. The first-order chi connectivity index (χ1) is 14.4. The Labute approximate surface area is 188 Å². The summed E-state index contributed by atoms with van der Waals surface area (Å²) in [6.07, 6.45) is 2.46. The van der Waals surface area contributed by atoms with E-state index in [4.69, 9.17) is 4.74 Å². The third-order valence-corrected chi connectivity index (χ3v) is 7.30. The summed E-state index contributed by atoms with van der Waals surface area (Å²) in [4.78, 5) is 11.8. The van der Waals surface area contributed by atoms with Crippen molar-refractivity contribution in [2.24, 2.45) is 11.8 Å². The topological polar surface area (TPSA) is 26.3 Å². The van der Waals surface area contributed by atoms with Crippen molar-refractivity contribution >= 4 is 11.5 Å². The highest BCUT2D eigenvalue weighted by molar-refractivity contribution is 5.90. The molecule has 0 amide bonds. The van der Waals surface area contributed by atoms with E-state index >= 15 is 0 Å². The van der Waals surface area contributed by atoms with Crippen LogP contribution in [0.4, 0.5) is 0 Å². The maximum Gasteiger partial charge on any atom is 0.337 e. The number of carbonyl (C=O) groups is 1. The lowest BCUT2D eigenvalue weighted by atomic mass is 9.56. The van der Waals surface area contributed by atoms with Gasteiger partial charge in [0.25, 0.3) is 0 Å². The highest BCUT2D eigenvalue weighted by Gasteiger charge is 2.44. The molecule has 0 N–H and O–H groups in total. The minimum Gasteiger partial charge on any atom is -0.465 e. The first kappa shape index (κ1) is 23.3. The lowest BCUT2D eigenvalue weighted by Crippen LogP contribution is -2.42. The van der Waals surface area contributed by atoms with Gasteiger partial charge >= 0.3 is 5.97 Å². The summed E-state index contributed by atoms with van der Waals surface area (Å²) >= 11 is 0. The first-order valence-electron chi connectivity index (χ1n) is 11.4. The zero-order valence-corrected chi connectivity index (χ0v) is 20.6. The number of aryl methyl sites for hydroxylation is 1.